The van der Waals surface area contributed by atoms with Gasteiger partial charge in [-0.2, -0.15) is 0 Å². The minimum atomic E-state index is -1.36. The van der Waals surface area contributed by atoms with Crippen molar-refractivity contribution in [3.63, 3.8) is 0 Å². The van der Waals surface area contributed by atoms with Crippen LogP contribution in [0.25, 0.3) is 0 Å². The summed E-state index contributed by atoms with van der Waals surface area (Å²) in [7, 11) is 0. The van der Waals surface area contributed by atoms with Gasteiger partial charge >= 0.3 is 0 Å². The lowest BCUT2D eigenvalue weighted by Crippen LogP contribution is -2.54. The van der Waals surface area contributed by atoms with Gasteiger partial charge in [-0.3, -0.25) is 10.2 Å². The quantitative estimate of drug-likeness (QED) is 0.109. The van der Waals surface area contributed by atoms with Crippen LogP contribution >= 0.6 is 31.9 Å². The molecule has 0 saturated carbocycles. The summed E-state index contributed by atoms with van der Waals surface area (Å²) in [6, 6.07) is 29.2. The number of nitrogens with one attached hydrogen (secondary N) is 2. The molecule has 0 fully saturated rings. The Labute approximate surface area is 272 Å². The van der Waals surface area contributed by atoms with Gasteiger partial charge in [-0.15, -0.1) is 0 Å². The molecule has 1 heterocycles. The van der Waals surface area contributed by atoms with Gasteiger partial charge in [0.1, 0.15) is 11.6 Å². The average Bonchev–Trinajstić information content (AvgIpc) is 3.41. The van der Waals surface area contributed by atoms with Crippen molar-refractivity contribution in [2.45, 2.75) is 30.9 Å². The third-order valence-electron chi connectivity index (χ3n) is 7.22. The van der Waals surface area contributed by atoms with Crippen LogP contribution < -0.4 is 15.6 Å². The van der Waals surface area contributed by atoms with E-state index >= 15 is 0 Å². The number of carbonyl (C=O) groups is 1. The van der Waals surface area contributed by atoms with E-state index in [-0.39, 0.29) is 24.8 Å². The van der Waals surface area contributed by atoms with Crippen LogP contribution in [0.15, 0.2) is 111 Å². The Hall–Kier alpha value is -3.57. The zero-order valence-electron chi connectivity index (χ0n) is 23.8. The number of aliphatic hydroxyl groups excluding tert-OH is 1. The molecule has 44 heavy (non-hydrogen) atoms. The first-order valence-corrected chi connectivity index (χ1v) is 15.8. The zero-order chi connectivity index (χ0) is 30.9. The molecule has 0 spiro atoms. The number of benzene rings is 4. The molecule has 0 saturated heterocycles. The lowest BCUT2D eigenvalue weighted by molar-refractivity contribution is -0.130. The SMILES string of the molecule is O=C(NNCCc1cccc(F)c1)[C@@]1(Cc2ccc(Br)cc2)N=C(c2ccc(OCCCO)cc2)O[C@H]1c1ccc(Br)cc1. The molecule has 4 aromatic carbocycles. The standard InChI is InChI=1S/C34H32Br2FN3O4/c35-27-11-5-24(6-12-27)22-34(33(42)40-38-18-17-23-3-1-4-29(37)21-23)31(25-7-13-28(36)14-8-25)44-32(39-34)26-9-15-30(16-10-26)43-20-2-19-41/h1,3-16,21,31,38,41H,2,17-20,22H2,(H,40,42)/t31-,34-/m0/s1. The third-order valence-corrected chi connectivity index (χ3v) is 8.28. The molecular formula is C34H32Br2FN3O4. The number of hydrogen-bond donors (Lipinski definition) is 3. The fourth-order valence-electron chi connectivity index (χ4n) is 4.98. The predicted octanol–water partition coefficient (Wildman–Crippen LogP) is 6.48. The number of carbonyl (C=O) groups excluding carboxylic acids is 1. The Morgan fingerprint density at radius 2 is 1.66 bits per heavy atom. The summed E-state index contributed by atoms with van der Waals surface area (Å²) in [6.45, 7) is 0.853. The van der Waals surface area contributed by atoms with Crippen LogP contribution in [0.5, 0.6) is 5.75 Å². The normalized spacial score (nSPS) is 17.5. The summed E-state index contributed by atoms with van der Waals surface area (Å²) >= 11 is 7.00. The number of aliphatic imine (C=N–C) groups is 1. The molecule has 0 bridgehead atoms. The van der Waals surface area contributed by atoms with Crippen LogP contribution in [-0.4, -0.2) is 42.2 Å². The predicted molar refractivity (Wildman–Crippen MR) is 175 cm³/mol. The van der Waals surface area contributed by atoms with E-state index in [1.807, 2.05) is 78.9 Å². The minimum absolute atomic E-state index is 0.0579. The number of ether oxygens (including phenoxy) is 2. The molecule has 0 aliphatic carbocycles. The first-order chi connectivity index (χ1) is 21.4. The molecule has 3 N–H and O–H groups in total. The summed E-state index contributed by atoms with van der Waals surface area (Å²) in [5.41, 5.74) is 7.75. The summed E-state index contributed by atoms with van der Waals surface area (Å²) in [4.78, 5) is 19.3. The zero-order valence-corrected chi connectivity index (χ0v) is 27.0. The van der Waals surface area contributed by atoms with Gasteiger partial charge < -0.3 is 14.6 Å². The highest BCUT2D eigenvalue weighted by Crippen LogP contribution is 2.43. The smallest absolute Gasteiger partial charge is 0.266 e. The second kappa shape index (κ2) is 14.9. The van der Waals surface area contributed by atoms with Crippen molar-refractivity contribution in [1.82, 2.24) is 10.9 Å². The number of nitrogens with zero attached hydrogens (tertiary/aromatic N) is 1. The van der Waals surface area contributed by atoms with Crippen molar-refractivity contribution in [2.24, 2.45) is 4.99 Å². The largest absolute Gasteiger partial charge is 0.494 e. The molecule has 1 amide bonds. The van der Waals surface area contributed by atoms with Crippen molar-refractivity contribution in [1.29, 1.82) is 0 Å². The summed E-state index contributed by atoms with van der Waals surface area (Å²) in [6.07, 6.45) is 0.589. The Morgan fingerprint density at radius 1 is 0.955 bits per heavy atom. The van der Waals surface area contributed by atoms with E-state index in [4.69, 9.17) is 19.6 Å². The van der Waals surface area contributed by atoms with Crippen LogP contribution in [0.3, 0.4) is 0 Å². The molecule has 1 aliphatic rings. The van der Waals surface area contributed by atoms with Gasteiger partial charge in [0.15, 0.2) is 11.6 Å². The van der Waals surface area contributed by atoms with Crippen molar-refractivity contribution in [3.8, 4) is 5.75 Å². The van der Waals surface area contributed by atoms with Gasteiger partial charge in [0.2, 0.25) is 5.90 Å². The molecule has 7 nitrogen and oxygen atoms in total. The maximum Gasteiger partial charge on any atom is 0.266 e. The van der Waals surface area contributed by atoms with E-state index in [2.05, 4.69) is 42.7 Å². The van der Waals surface area contributed by atoms with Crippen molar-refractivity contribution < 1.29 is 23.8 Å². The second-order valence-electron chi connectivity index (χ2n) is 10.4. The average molecular weight is 725 g/mol. The van der Waals surface area contributed by atoms with E-state index in [0.717, 1.165) is 25.6 Å². The maximum absolute atomic E-state index is 14.3. The molecule has 2 atom stereocenters. The van der Waals surface area contributed by atoms with Gasteiger partial charge in [-0.1, -0.05) is 68.3 Å². The summed E-state index contributed by atoms with van der Waals surface area (Å²) in [5.74, 6) is 0.345. The lowest BCUT2D eigenvalue weighted by atomic mass is 9.82. The number of hydrogen-bond acceptors (Lipinski definition) is 6. The highest BCUT2D eigenvalue weighted by atomic mass is 79.9. The Kier molecular flexibility index (Phi) is 10.8. The first-order valence-electron chi connectivity index (χ1n) is 14.2. The molecule has 4 aromatic rings. The monoisotopic (exact) mass is 723 g/mol. The summed E-state index contributed by atoms with van der Waals surface area (Å²) in [5, 5.41) is 9.04. The van der Waals surface area contributed by atoms with Crippen LogP contribution in [0, 0.1) is 5.82 Å². The van der Waals surface area contributed by atoms with Crippen LogP contribution in [0.4, 0.5) is 4.39 Å². The number of rotatable bonds is 13. The molecule has 10 heteroatoms. The molecule has 0 aromatic heterocycles. The van der Waals surface area contributed by atoms with Crippen LogP contribution in [0.1, 0.15) is 34.8 Å². The molecule has 0 radical (unpaired) electrons. The molecule has 228 valence electrons. The van der Waals surface area contributed by atoms with E-state index in [1.54, 1.807) is 6.07 Å². The number of hydrazine groups is 1. The van der Waals surface area contributed by atoms with E-state index in [1.165, 1.54) is 12.1 Å². The Bertz CT molecular complexity index is 1580. The van der Waals surface area contributed by atoms with Gasteiger partial charge in [0.05, 0.1) is 6.61 Å². The highest BCUT2D eigenvalue weighted by molar-refractivity contribution is 9.10. The third kappa shape index (κ3) is 7.92. The van der Waals surface area contributed by atoms with Gasteiger partial charge in [-0.05, 0) is 83.8 Å². The molecule has 5 rings (SSSR count). The van der Waals surface area contributed by atoms with Crippen LogP contribution in [-0.2, 0) is 22.4 Å². The van der Waals surface area contributed by atoms with Crippen molar-refractivity contribution in [3.05, 3.63) is 134 Å². The van der Waals surface area contributed by atoms with Gasteiger partial charge in [0.25, 0.3) is 5.91 Å². The van der Waals surface area contributed by atoms with E-state index in [0.29, 0.717) is 43.2 Å². The number of amides is 1. The van der Waals surface area contributed by atoms with E-state index in [9.17, 15) is 9.18 Å². The molecular weight excluding hydrogens is 693 g/mol. The summed E-state index contributed by atoms with van der Waals surface area (Å²) < 4.78 is 27.7. The van der Waals surface area contributed by atoms with Crippen molar-refractivity contribution in [2.75, 3.05) is 19.8 Å². The second-order valence-corrected chi connectivity index (χ2v) is 12.2. The topological polar surface area (TPSA) is 92.2 Å². The van der Waals surface area contributed by atoms with Crippen molar-refractivity contribution >= 4 is 43.7 Å². The molecule has 1 aliphatic heterocycles. The van der Waals surface area contributed by atoms with Gasteiger partial charge in [0, 0.05) is 40.5 Å². The molecule has 0 unspecified atom stereocenters. The first kappa shape index (κ1) is 31.8. The van der Waals surface area contributed by atoms with Crippen LogP contribution in [0.2, 0.25) is 0 Å². The minimum Gasteiger partial charge on any atom is -0.494 e. The Morgan fingerprint density at radius 3 is 2.34 bits per heavy atom. The fraction of sp³-hybridized carbons (Fsp3) is 0.235. The fourth-order valence-corrected chi connectivity index (χ4v) is 5.51. The maximum atomic E-state index is 14.3. The Balaban J connectivity index is 1.47. The number of aliphatic hydroxyl groups is 1. The number of halogens is 3. The lowest BCUT2D eigenvalue weighted by Gasteiger charge is -2.31. The highest BCUT2D eigenvalue weighted by Gasteiger charge is 2.53. The van der Waals surface area contributed by atoms with Gasteiger partial charge in [-0.25, -0.2) is 14.8 Å². The van der Waals surface area contributed by atoms with E-state index < -0.39 is 11.6 Å².